The zero-order valence-electron chi connectivity index (χ0n) is 6.95. The van der Waals surface area contributed by atoms with Crippen LogP contribution < -0.4 is 0 Å². The smallest absolute Gasteiger partial charge is 0.269 e. The molecule has 0 amide bonds. The number of morpholine rings is 1. The monoisotopic (exact) mass is 179 g/mol. The number of rotatable bonds is 2. The van der Waals surface area contributed by atoms with E-state index in [2.05, 4.69) is 0 Å². The molecule has 1 rings (SSSR count). The third kappa shape index (κ3) is 2.27. The summed E-state index contributed by atoms with van der Waals surface area (Å²) in [4.78, 5) is 0. The maximum atomic E-state index is 11.6. The normalized spacial score (nSPS) is 26.4. The first-order valence-corrected chi connectivity index (χ1v) is 5.66. The topological polar surface area (TPSA) is 38.8 Å². The van der Waals surface area contributed by atoms with Crippen molar-refractivity contribution >= 4 is 7.52 Å². The van der Waals surface area contributed by atoms with Gasteiger partial charge >= 0.3 is 0 Å². The minimum atomic E-state index is -2.50. The van der Waals surface area contributed by atoms with Crippen molar-refractivity contribution in [2.45, 2.75) is 0 Å². The summed E-state index contributed by atoms with van der Waals surface area (Å²) in [6, 6.07) is 0. The molecule has 4 nitrogen and oxygen atoms in total. The SMILES string of the molecule is COP(C)(=O)N1CCOCC1. The molecular formula is C6H14NO3P. The van der Waals surface area contributed by atoms with Crippen molar-refractivity contribution in [2.75, 3.05) is 40.1 Å². The van der Waals surface area contributed by atoms with E-state index in [1.54, 1.807) is 6.66 Å². The molecule has 0 aromatic carbocycles. The van der Waals surface area contributed by atoms with Gasteiger partial charge in [-0.3, -0.25) is 4.57 Å². The minimum absolute atomic E-state index is 0.654. The number of hydrogen-bond donors (Lipinski definition) is 0. The van der Waals surface area contributed by atoms with Gasteiger partial charge < -0.3 is 9.26 Å². The maximum absolute atomic E-state index is 11.6. The summed E-state index contributed by atoms with van der Waals surface area (Å²) in [6.07, 6.45) is 0. The average Bonchev–Trinajstić information content (AvgIpc) is 2.06. The Kier molecular flexibility index (Phi) is 3.07. The van der Waals surface area contributed by atoms with Crippen LogP contribution >= 0.6 is 7.52 Å². The van der Waals surface area contributed by atoms with E-state index in [-0.39, 0.29) is 0 Å². The Morgan fingerprint density at radius 1 is 1.45 bits per heavy atom. The van der Waals surface area contributed by atoms with Crippen molar-refractivity contribution in [2.24, 2.45) is 0 Å². The van der Waals surface area contributed by atoms with Gasteiger partial charge in [0.25, 0.3) is 7.52 Å². The number of ether oxygens (including phenoxy) is 1. The van der Waals surface area contributed by atoms with E-state index in [0.717, 1.165) is 0 Å². The summed E-state index contributed by atoms with van der Waals surface area (Å²) in [5.74, 6) is 0. The van der Waals surface area contributed by atoms with E-state index in [9.17, 15) is 4.57 Å². The molecule has 5 heteroatoms. The van der Waals surface area contributed by atoms with Gasteiger partial charge in [0.15, 0.2) is 0 Å². The first-order valence-electron chi connectivity index (χ1n) is 3.63. The van der Waals surface area contributed by atoms with Gasteiger partial charge in [-0.15, -0.1) is 0 Å². The van der Waals surface area contributed by atoms with E-state index >= 15 is 0 Å². The molecule has 11 heavy (non-hydrogen) atoms. The predicted octanol–water partition coefficient (Wildman–Crippen LogP) is 0.788. The van der Waals surface area contributed by atoms with Crippen molar-refractivity contribution in [3.05, 3.63) is 0 Å². The molecule has 66 valence electrons. The minimum Gasteiger partial charge on any atom is -0.379 e. The second-order valence-corrected chi connectivity index (χ2v) is 5.09. The molecule has 1 fully saturated rings. The van der Waals surface area contributed by atoms with Gasteiger partial charge in [-0.05, 0) is 0 Å². The van der Waals surface area contributed by atoms with Gasteiger partial charge in [-0.25, -0.2) is 4.67 Å². The molecule has 0 aliphatic carbocycles. The van der Waals surface area contributed by atoms with Crippen LogP contribution in [0.25, 0.3) is 0 Å². The lowest BCUT2D eigenvalue weighted by Crippen LogP contribution is -2.33. The van der Waals surface area contributed by atoms with Crippen LogP contribution in [0.4, 0.5) is 0 Å². The van der Waals surface area contributed by atoms with Crippen molar-refractivity contribution in [3.8, 4) is 0 Å². The number of hydrogen-bond acceptors (Lipinski definition) is 3. The largest absolute Gasteiger partial charge is 0.379 e. The van der Waals surface area contributed by atoms with Crippen molar-refractivity contribution in [1.82, 2.24) is 4.67 Å². The summed E-state index contributed by atoms with van der Waals surface area (Å²) in [5.41, 5.74) is 0. The fourth-order valence-corrected chi connectivity index (χ4v) is 2.15. The van der Waals surface area contributed by atoms with Crippen LogP contribution in [0.2, 0.25) is 0 Å². The highest BCUT2D eigenvalue weighted by atomic mass is 31.2. The molecule has 0 aromatic heterocycles. The van der Waals surface area contributed by atoms with Crippen molar-refractivity contribution in [3.63, 3.8) is 0 Å². The van der Waals surface area contributed by atoms with Crippen LogP contribution in [0.1, 0.15) is 0 Å². The van der Waals surface area contributed by atoms with E-state index in [1.165, 1.54) is 7.11 Å². The molecule has 1 atom stereocenters. The number of nitrogens with zero attached hydrogens (tertiary/aromatic N) is 1. The van der Waals surface area contributed by atoms with Crippen LogP contribution in [-0.2, 0) is 13.8 Å². The van der Waals surface area contributed by atoms with Crippen LogP contribution in [0.3, 0.4) is 0 Å². The molecular weight excluding hydrogens is 165 g/mol. The van der Waals surface area contributed by atoms with Crippen molar-refractivity contribution in [1.29, 1.82) is 0 Å². The fraction of sp³-hybridized carbons (Fsp3) is 1.00. The zero-order chi connectivity index (χ0) is 8.32. The molecule has 0 bridgehead atoms. The van der Waals surface area contributed by atoms with Crippen LogP contribution in [0, 0.1) is 0 Å². The van der Waals surface area contributed by atoms with Gasteiger partial charge in [0.2, 0.25) is 0 Å². The molecule has 0 aromatic rings. The van der Waals surface area contributed by atoms with Crippen LogP contribution in [0.15, 0.2) is 0 Å². The van der Waals surface area contributed by atoms with Gasteiger partial charge in [0, 0.05) is 26.9 Å². The van der Waals surface area contributed by atoms with Gasteiger partial charge in [0.05, 0.1) is 13.2 Å². The predicted molar refractivity (Wildman–Crippen MR) is 42.9 cm³/mol. The quantitative estimate of drug-likeness (QED) is 0.587. The van der Waals surface area contributed by atoms with Gasteiger partial charge in [0.1, 0.15) is 0 Å². The first-order chi connectivity index (χ1) is 5.17. The fourth-order valence-electron chi connectivity index (χ4n) is 1.03. The lowest BCUT2D eigenvalue weighted by atomic mass is 10.5. The molecule has 0 radical (unpaired) electrons. The zero-order valence-corrected chi connectivity index (χ0v) is 7.84. The Balaban J connectivity index is 2.51. The van der Waals surface area contributed by atoms with Gasteiger partial charge in [-0.1, -0.05) is 0 Å². The van der Waals surface area contributed by atoms with E-state index in [4.69, 9.17) is 9.26 Å². The van der Waals surface area contributed by atoms with E-state index in [1.807, 2.05) is 4.67 Å². The van der Waals surface area contributed by atoms with E-state index < -0.39 is 7.52 Å². The molecule has 1 saturated heterocycles. The Morgan fingerprint density at radius 2 is 2.00 bits per heavy atom. The Bertz CT molecular complexity index is 167. The molecule has 1 aliphatic heterocycles. The molecule has 1 unspecified atom stereocenters. The molecule has 0 N–H and O–H groups in total. The summed E-state index contributed by atoms with van der Waals surface area (Å²) >= 11 is 0. The third-order valence-electron chi connectivity index (χ3n) is 1.84. The Labute approximate surface area is 67.0 Å². The molecule has 0 saturated carbocycles. The summed E-state index contributed by atoms with van der Waals surface area (Å²) in [7, 11) is -1.01. The van der Waals surface area contributed by atoms with E-state index in [0.29, 0.717) is 26.3 Å². The summed E-state index contributed by atoms with van der Waals surface area (Å²) < 4.78 is 23.5. The molecule has 1 aliphatic rings. The average molecular weight is 179 g/mol. The molecule has 1 heterocycles. The second kappa shape index (κ2) is 3.68. The molecule has 0 spiro atoms. The lowest BCUT2D eigenvalue weighted by Gasteiger charge is -2.30. The summed E-state index contributed by atoms with van der Waals surface area (Å²) in [6.45, 7) is 4.37. The Hall–Kier alpha value is 0.110. The maximum Gasteiger partial charge on any atom is 0.269 e. The van der Waals surface area contributed by atoms with Gasteiger partial charge in [-0.2, -0.15) is 0 Å². The first kappa shape index (κ1) is 9.20. The second-order valence-electron chi connectivity index (χ2n) is 2.55. The highest BCUT2D eigenvalue weighted by molar-refractivity contribution is 7.55. The highest BCUT2D eigenvalue weighted by Gasteiger charge is 2.26. The lowest BCUT2D eigenvalue weighted by molar-refractivity contribution is 0.0668. The standard InChI is InChI=1S/C6H14NO3P/c1-9-11(2,8)7-3-5-10-6-4-7/h3-6H2,1-2H3. The Morgan fingerprint density at radius 3 is 2.45 bits per heavy atom. The summed E-state index contributed by atoms with van der Waals surface area (Å²) in [5, 5.41) is 0. The highest BCUT2D eigenvalue weighted by Crippen LogP contribution is 2.45. The van der Waals surface area contributed by atoms with Crippen molar-refractivity contribution < 1.29 is 13.8 Å². The van der Waals surface area contributed by atoms with Crippen LogP contribution in [-0.4, -0.2) is 44.7 Å². The van der Waals surface area contributed by atoms with Crippen LogP contribution in [0.5, 0.6) is 0 Å². The third-order valence-corrected chi connectivity index (χ3v) is 3.95.